The number of nitrogens with one attached hydrogen (secondary N) is 1. The van der Waals surface area contributed by atoms with Crippen LogP contribution in [0.4, 0.5) is 5.82 Å². The molecule has 1 atom stereocenters. The Labute approximate surface area is 133 Å². The molecule has 0 bridgehead atoms. The number of rotatable bonds is 3. The maximum Gasteiger partial charge on any atom is 0.128 e. The Bertz CT molecular complexity index is 406. The largest absolute Gasteiger partial charge is 0.383 e. The molecule has 0 aromatic carbocycles. The lowest BCUT2D eigenvalue weighted by atomic mass is 9.76. The van der Waals surface area contributed by atoms with Gasteiger partial charge < -0.3 is 11.1 Å². The van der Waals surface area contributed by atoms with E-state index in [1.54, 1.807) is 6.20 Å². The van der Waals surface area contributed by atoms with Crippen molar-refractivity contribution in [1.82, 2.24) is 15.2 Å². The molecule has 1 aromatic rings. The molecule has 0 radical (unpaired) electrons. The first-order chi connectivity index (χ1) is 8.86. The van der Waals surface area contributed by atoms with E-state index in [1.807, 2.05) is 6.07 Å². The van der Waals surface area contributed by atoms with Crippen molar-refractivity contribution in [2.24, 2.45) is 5.92 Å². The van der Waals surface area contributed by atoms with Crippen LogP contribution in [0.1, 0.15) is 30.9 Å². The van der Waals surface area contributed by atoms with Crippen molar-refractivity contribution in [3.63, 3.8) is 0 Å². The molecule has 0 unspecified atom stereocenters. The molecule has 4 nitrogen and oxygen atoms in total. The molecule has 2 aliphatic rings. The lowest BCUT2D eigenvalue weighted by Crippen LogP contribution is -2.48. The summed E-state index contributed by atoms with van der Waals surface area (Å²) in [6.45, 7) is 4.41. The molecule has 2 fully saturated rings. The zero-order valence-electron chi connectivity index (χ0n) is 11.6. The fraction of sp³-hybridized carbons (Fsp3) is 0.643. The molecule has 1 aliphatic heterocycles. The van der Waals surface area contributed by atoms with Gasteiger partial charge in [0.05, 0.1) is 0 Å². The first-order valence-corrected chi connectivity index (χ1v) is 7.01. The number of piperazine rings is 1. The van der Waals surface area contributed by atoms with Gasteiger partial charge in [0.1, 0.15) is 5.82 Å². The molecule has 1 saturated carbocycles. The van der Waals surface area contributed by atoms with Crippen molar-refractivity contribution in [3.8, 4) is 0 Å². The van der Waals surface area contributed by atoms with Gasteiger partial charge in [0, 0.05) is 44.0 Å². The van der Waals surface area contributed by atoms with E-state index in [-0.39, 0.29) is 24.8 Å². The van der Waals surface area contributed by atoms with E-state index < -0.39 is 0 Å². The van der Waals surface area contributed by atoms with Crippen LogP contribution in [0.25, 0.3) is 0 Å². The standard InChI is InChI=1S/C14H22N4.2ClH/c15-14-12(5-2-6-17-14)13(11-3-1-4-11)18-9-7-16-8-10-18;;/h2,5-6,11,13,16H,1,3-4,7-10H2,(H2,15,17);2*1H/t13-;;/m0../s1. The van der Waals surface area contributed by atoms with E-state index in [2.05, 4.69) is 21.3 Å². The lowest BCUT2D eigenvalue weighted by molar-refractivity contribution is 0.0840. The minimum Gasteiger partial charge on any atom is -0.383 e. The third-order valence-corrected chi connectivity index (χ3v) is 4.33. The third kappa shape index (κ3) is 3.55. The third-order valence-electron chi connectivity index (χ3n) is 4.33. The summed E-state index contributed by atoms with van der Waals surface area (Å²) >= 11 is 0. The molecule has 1 aliphatic carbocycles. The Morgan fingerprint density at radius 1 is 1.25 bits per heavy atom. The average molecular weight is 319 g/mol. The maximum atomic E-state index is 6.09. The summed E-state index contributed by atoms with van der Waals surface area (Å²) in [6.07, 6.45) is 5.83. The number of hydrogen-bond acceptors (Lipinski definition) is 4. The van der Waals surface area contributed by atoms with Crippen molar-refractivity contribution in [2.45, 2.75) is 25.3 Å². The molecule has 20 heavy (non-hydrogen) atoms. The summed E-state index contributed by atoms with van der Waals surface area (Å²) < 4.78 is 0. The van der Waals surface area contributed by atoms with Gasteiger partial charge in [-0.1, -0.05) is 12.5 Å². The van der Waals surface area contributed by atoms with Gasteiger partial charge in [-0.2, -0.15) is 0 Å². The second-order valence-electron chi connectivity index (χ2n) is 5.40. The van der Waals surface area contributed by atoms with E-state index in [1.165, 1.54) is 24.8 Å². The fourth-order valence-corrected chi connectivity index (χ4v) is 3.14. The number of hydrogen-bond donors (Lipinski definition) is 2. The molecule has 1 saturated heterocycles. The highest BCUT2D eigenvalue weighted by Gasteiger charge is 2.34. The second kappa shape index (κ2) is 8.03. The minimum absolute atomic E-state index is 0. The fourth-order valence-electron chi connectivity index (χ4n) is 3.14. The summed E-state index contributed by atoms with van der Waals surface area (Å²) in [4.78, 5) is 6.86. The highest BCUT2D eigenvalue weighted by atomic mass is 35.5. The molecule has 6 heteroatoms. The molecule has 1 aromatic heterocycles. The monoisotopic (exact) mass is 318 g/mol. The summed E-state index contributed by atoms with van der Waals surface area (Å²) in [5.74, 6) is 1.49. The van der Waals surface area contributed by atoms with Crippen molar-refractivity contribution >= 4 is 30.6 Å². The van der Waals surface area contributed by atoms with Crippen LogP contribution in [-0.2, 0) is 0 Å². The zero-order chi connectivity index (χ0) is 12.4. The highest BCUT2D eigenvalue weighted by Crippen LogP contribution is 2.42. The topological polar surface area (TPSA) is 54.2 Å². The van der Waals surface area contributed by atoms with E-state index >= 15 is 0 Å². The number of nitrogens with two attached hydrogens (primary N) is 1. The summed E-state index contributed by atoms with van der Waals surface area (Å²) in [5, 5.41) is 3.42. The predicted octanol–water partition coefficient (Wildman–Crippen LogP) is 2.25. The number of aromatic nitrogens is 1. The molecule has 114 valence electrons. The number of halogens is 2. The molecular weight excluding hydrogens is 295 g/mol. The maximum absolute atomic E-state index is 6.09. The number of nitrogen functional groups attached to an aromatic ring is 1. The van der Waals surface area contributed by atoms with Crippen LogP contribution < -0.4 is 11.1 Å². The van der Waals surface area contributed by atoms with Crippen LogP contribution in [-0.4, -0.2) is 36.1 Å². The summed E-state index contributed by atoms with van der Waals surface area (Å²) in [7, 11) is 0. The quantitative estimate of drug-likeness (QED) is 0.897. The molecule has 0 spiro atoms. The Kier molecular flexibility index (Phi) is 7.03. The van der Waals surface area contributed by atoms with Gasteiger partial charge >= 0.3 is 0 Å². The average Bonchev–Trinajstić information content (AvgIpc) is 2.36. The Hall–Kier alpha value is -0.550. The molecule has 3 N–H and O–H groups in total. The van der Waals surface area contributed by atoms with Crippen LogP contribution in [0.3, 0.4) is 0 Å². The molecule has 2 heterocycles. The van der Waals surface area contributed by atoms with Gasteiger partial charge in [-0.25, -0.2) is 4.98 Å². The Balaban J connectivity index is 0.000001000. The normalized spacial score (nSPS) is 21.2. The smallest absolute Gasteiger partial charge is 0.128 e. The first-order valence-electron chi connectivity index (χ1n) is 7.01. The van der Waals surface area contributed by atoms with Crippen LogP contribution >= 0.6 is 24.8 Å². The lowest BCUT2D eigenvalue weighted by Gasteiger charge is -2.43. The number of pyridine rings is 1. The Morgan fingerprint density at radius 2 is 1.95 bits per heavy atom. The molecular formula is C14H24Cl2N4. The summed E-state index contributed by atoms with van der Waals surface area (Å²) in [5.41, 5.74) is 7.33. The second-order valence-corrected chi connectivity index (χ2v) is 5.40. The molecule has 0 amide bonds. The van der Waals surface area contributed by atoms with E-state index in [0.717, 1.165) is 32.1 Å². The van der Waals surface area contributed by atoms with Crippen LogP contribution in [0.5, 0.6) is 0 Å². The van der Waals surface area contributed by atoms with Gasteiger partial charge in [-0.3, -0.25) is 4.90 Å². The van der Waals surface area contributed by atoms with Gasteiger partial charge in [-0.15, -0.1) is 24.8 Å². The van der Waals surface area contributed by atoms with Crippen molar-refractivity contribution in [2.75, 3.05) is 31.9 Å². The predicted molar refractivity (Wildman–Crippen MR) is 87.7 cm³/mol. The van der Waals surface area contributed by atoms with Gasteiger partial charge in [0.2, 0.25) is 0 Å². The number of nitrogens with zero attached hydrogens (tertiary/aromatic N) is 2. The van der Waals surface area contributed by atoms with Crippen LogP contribution in [0, 0.1) is 5.92 Å². The van der Waals surface area contributed by atoms with Crippen LogP contribution in [0.2, 0.25) is 0 Å². The SMILES string of the molecule is Cl.Cl.Nc1ncccc1[C@H](C1CCC1)N1CCNCC1. The van der Waals surface area contributed by atoms with Crippen molar-refractivity contribution < 1.29 is 0 Å². The van der Waals surface area contributed by atoms with E-state index in [0.29, 0.717) is 11.9 Å². The van der Waals surface area contributed by atoms with Crippen molar-refractivity contribution in [1.29, 1.82) is 0 Å². The van der Waals surface area contributed by atoms with Gasteiger partial charge in [0.15, 0.2) is 0 Å². The van der Waals surface area contributed by atoms with Crippen molar-refractivity contribution in [3.05, 3.63) is 23.9 Å². The van der Waals surface area contributed by atoms with E-state index in [9.17, 15) is 0 Å². The first kappa shape index (κ1) is 17.5. The van der Waals surface area contributed by atoms with Gasteiger partial charge in [0.25, 0.3) is 0 Å². The number of anilines is 1. The van der Waals surface area contributed by atoms with Crippen LogP contribution in [0.15, 0.2) is 18.3 Å². The van der Waals surface area contributed by atoms with E-state index in [4.69, 9.17) is 5.73 Å². The Morgan fingerprint density at radius 3 is 2.50 bits per heavy atom. The molecule has 3 rings (SSSR count). The summed E-state index contributed by atoms with van der Waals surface area (Å²) in [6, 6.07) is 4.65. The van der Waals surface area contributed by atoms with Gasteiger partial charge in [-0.05, 0) is 24.8 Å². The minimum atomic E-state index is 0. The zero-order valence-corrected chi connectivity index (χ0v) is 13.3. The highest BCUT2D eigenvalue weighted by molar-refractivity contribution is 5.85.